The molecule has 25 heavy (non-hydrogen) atoms. The highest BCUT2D eigenvalue weighted by atomic mass is 79.9. The molecule has 2 aromatic rings. The summed E-state index contributed by atoms with van der Waals surface area (Å²) in [4.78, 5) is 12.1. The van der Waals surface area contributed by atoms with E-state index in [4.69, 9.17) is 4.74 Å². The molecule has 1 saturated heterocycles. The summed E-state index contributed by atoms with van der Waals surface area (Å²) in [5.41, 5.74) is 0.236. The largest absolute Gasteiger partial charge is 0.424 e. The summed E-state index contributed by atoms with van der Waals surface area (Å²) < 4.78 is 5.47. The second kappa shape index (κ2) is 7.35. The molecule has 0 spiro atoms. The summed E-state index contributed by atoms with van der Waals surface area (Å²) in [6.07, 6.45) is 2.05. The second-order valence-corrected chi connectivity index (χ2v) is 12.4. The number of alkyl halides is 1. The van der Waals surface area contributed by atoms with E-state index in [-0.39, 0.29) is 10.5 Å². The Morgan fingerprint density at radius 3 is 1.84 bits per heavy atom. The Balaban J connectivity index is 1.96. The lowest BCUT2D eigenvalue weighted by Crippen LogP contribution is -2.65. The van der Waals surface area contributed by atoms with Gasteiger partial charge in [0.2, 0.25) is 0 Å². The molecule has 1 N–H and O–H groups in total. The van der Waals surface area contributed by atoms with Crippen molar-refractivity contribution in [1.29, 1.82) is 0 Å². The zero-order valence-corrected chi connectivity index (χ0v) is 17.6. The van der Waals surface area contributed by atoms with Gasteiger partial charge in [0, 0.05) is 10.7 Å². The number of benzene rings is 2. The molecule has 2 aromatic carbocycles. The van der Waals surface area contributed by atoms with E-state index >= 15 is 0 Å². The minimum Gasteiger partial charge on any atom is -0.424 e. The first-order chi connectivity index (χ1) is 11.9. The molecule has 1 aliphatic heterocycles. The molecule has 0 aliphatic carbocycles. The van der Waals surface area contributed by atoms with Gasteiger partial charge in [-0.2, -0.15) is 0 Å². The quantitative estimate of drug-likeness (QED) is 0.548. The fourth-order valence-electron chi connectivity index (χ4n) is 3.74. The third kappa shape index (κ3) is 3.50. The van der Waals surface area contributed by atoms with Gasteiger partial charge in [-0.1, -0.05) is 90.4 Å². The molecule has 134 valence electrons. The van der Waals surface area contributed by atoms with Gasteiger partial charge in [0.05, 0.1) is 13.2 Å². The van der Waals surface area contributed by atoms with E-state index in [1.54, 1.807) is 0 Å². The van der Waals surface area contributed by atoms with Gasteiger partial charge in [0.1, 0.15) is 0 Å². The van der Waals surface area contributed by atoms with Gasteiger partial charge in [-0.05, 0) is 28.3 Å². The zero-order chi connectivity index (χ0) is 18.0. The topological polar surface area (TPSA) is 29.5 Å². The van der Waals surface area contributed by atoms with Crippen LogP contribution in [0.5, 0.6) is 0 Å². The summed E-state index contributed by atoms with van der Waals surface area (Å²) in [5, 5.41) is 2.96. The van der Waals surface area contributed by atoms with Crippen LogP contribution in [0.25, 0.3) is 0 Å². The molecule has 4 heteroatoms. The van der Waals surface area contributed by atoms with E-state index in [0.717, 1.165) is 41.8 Å². The highest BCUT2D eigenvalue weighted by Gasteiger charge is 2.51. The van der Waals surface area contributed by atoms with Crippen molar-refractivity contribution in [3.05, 3.63) is 60.7 Å². The minimum atomic E-state index is -2.89. The maximum Gasteiger partial charge on any atom is 0.258 e. The van der Waals surface area contributed by atoms with Crippen molar-refractivity contribution in [2.75, 3.05) is 18.5 Å². The predicted octanol–water partition coefficient (Wildman–Crippen LogP) is 3.71. The van der Waals surface area contributed by atoms with Gasteiger partial charge in [-0.3, -0.25) is 0 Å². The Kier molecular flexibility index (Phi) is 5.54. The molecule has 1 fully saturated rings. The number of hydrogen-bond acceptors (Lipinski definition) is 2. The van der Waals surface area contributed by atoms with Crippen molar-refractivity contribution >= 4 is 34.6 Å². The van der Waals surface area contributed by atoms with Crippen molar-refractivity contribution in [3.8, 4) is 0 Å². The number of halogens is 1. The molecule has 1 aliphatic rings. The summed E-state index contributed by atoms with van der Waals surface area (Å²) in [5.74, 6) is 0. The van der Waals surface area contributed by atoms with Gasteiger partial charge >= 0.3 is 0 Å². The van der Waals surface area contributed by atoms with Crippen molar-refractivity contribution in [3.63, 3.8) is 0 Å². The van der Waals surface area contributed by atoms with Gasteiger partial charge in [0.25, 0.3) is 8.32 Å². The minimum absolute atomic E-state index is 0.180. The van der Waals surface area contributed by atoms with Crippen LogP contribution >= 0.6 is 15.9 Å². The van der Waals surface area contributed by atoms with Gasteiger partial charge in [-0.15, -0.1) is 0 Å². The van der Waals surface area contributed by atoms with E-state index in [1.807, 2.05) is 36.4 Å². The van der Waals surface area contributed by atoms with Crippen molar-refractivity contribution in [1.82, 2.24) is 0 Å². The third-order valence-corrected chi connectivity index (χ3v) is 11.5. The first-order valence-electron chi connectivity index (χ1n) is 8.91. The number of rotatable bonds is 7. The number of ether oxygens (including phenoxy) is 1. The lowest BCUT2D eigenvalue weighted by atomic mass is 9.81. The molecule has 1 heterocycles. The van der Waals surface area contributed by atoms with Crippen LogP contribution in [0.15, 0.2) is 60.7 Å². The fourth-order valence-corrected chi connectivity index (χ4v) is 8.08. The fraction of sp³-hybridized carbons (Fsp3) is 0.429. The Hall–Kier alpha value is -0.943. The average Bonchev–Trinajstić information content (AvgIpc) is 2.62. The SMILES string of the molecule is CC(C)(CCC1(CBr)COC1)[Si](O)(c1ccccc1)c1ccccc1. The summed E-state index contributed by atoms with van der Waals surface area (Å²) >= 11 is 3.66. The Labute approximate surface area is 160 Å². The molecule has 0 saturated carbocycles. The molecule has 3 rings (SSSR count). The average molecular weight is 419 g/mol. The van der Waals surface area contributed by atoms with E-state index in [9.17, 15) is 4.80 Å². The molecule has 0 amide bonds. The molecular weight excluding hydrogens is 392 g/mol. The van der Waals surface area contributed by atoms with Crippen LogP contribution in [-0.2, 0) is 4.74 Å². The van der Waals surface area contributed by atoms with Crippen molar-refractivity contribution in [2.24, 2.45) is 5.41 Å². The van der Waals surface area contributed by atoms with Crippen LogP contribution in [0.3, 0.4) is 0 Å². The van der Waals surface area contributed by atoms with Crippen LogP contribution in [0.4, 0.5) is 0 Å². The standard InChI is InChI=1S/C21H27BrO2Si/c1-20(2,13-14-21(15-22)16-24-17-21)25(23,18-9-5-3-6-10-18)19-11-7-4-8-12-19/h3-12,23H,13-17H2,1-2H3. The van der Waals surface area contributed by atoms with E-state index in [1.165, 1.54) is 0 Å². The smallest absolute Gasteiger partial charge is 0.258 e. The Morgan fingerprint density at radius 1 is 1.00 bits per heavy atom. The predicted molar refractivity (Wildman–Crippen MR) is 110 cm³/mol. The van der Waals surface area contributed by atoms with Gasteiger partial charge in [-0.25, -0.2) is 0 Å². The van der Waals surface area contributed by atoms with E-state index in [2.05, 4.69) is 54.0 Å². The highest BCUT2D eigenvalue weighted by Crippen LogP contribution is 2.45. The molecule has 0 radical (unpaired) electrons. The third-order valence-electron chi connectivity index (χ3n) is 5.74. The second-order valence-electron chi connectivity index (χ2n) is 7.95. The number of hydrogen-bond donors (Lipinski definition) is 1. The molecule has 0 atom stereocenters. The maximum absolute atomic E-state index is 12.1. The van der Waals surface area contributed by atoms with Crippen molar-refractivity contribution < 1.29 is 9.53 Å². The summed E-state index contributed by atoms with van der Waals surface area (Å²) in [7, 11) is -2.89. The summed E-state index contributed by atoms with van der Waals surface area (Å²) in [6, 6.07) is 20.5. The van der Waals surface area contributed by atoms with Crippen molar-refractivity contribution in [2.45, 2.75) is 31.7 Å². The van der Waals surface area contributed by atoms with E-state index < -0.39 is 8.32 Å². The first-order valence-corrected chi connectivity index (χ1v) is 12.0. The Bertz CT molecular complexity index is 639. The summed E-state index contributed by atoms with van der Waals surface area (Å²) in [6.45, 7) is 6.12. The van der Waals surface area contributed by atoms with Crippen LogP contribution < -0.4 is 10.4 Å². The van der Waals surface area contributed by atoms with Crippen LogP contribution in [-0.4, -0.2) is 31.7 Å². The normalized spacial score (nSPS) is 17.1. The molecule has 0 bridgehead atoms. The maximum atomic E-state index is 12.1. The molecule has 2 nitrogen and oxygen atoms in total. The molecular formula is C21H27BrO2Si. The highest BCUT2D eigenvalue weighted by molar-refractivity contribution is 9.09. The van der Waals surface area contributed by atoms with Crippen LogP contribution in [0.1, 0.15) is 26.7 Å². The molecule has 0 aromatic heterocycles. The van der Waals surface area contributed by atoms with Crippen LogP contribution in [0, 0.1) is 5.41 Å². The lowest BCUT2D eigenvalue weighted by Gasteiger charge is -2.46. The van der Waals surface area contributed by atoms with Gasteiger partial charge in [0.15, 0.2) is 0 Å². The van der Waals surface area contributed by atoms with Gasteiger partial charge < -0.3 is 9.53 Å². The van der Waals surface area contributed by atoms with E-state index in [0.29, 0.717) is 0 Å². The monoisotopic (exact) mass is 418 g/mol. The zero-order valence-electron chi connectivity index (χ0n) is 15.0. The molecule has 0 unspecified atom stereocenters. The lowest BCUT2D eigenvalue weighted by molar-refractivity contribution is -0.103. The Morgan fingerprint density at radius 2 is 1.48 bits per heavy atom. The van der Waals surface area contributed by atoms with Crippen LogP contribution in [0.2, 0.25) is 5.04 Å². The first kappa shape index (κ1) is 18.8.